The van der Waals surface area contributed by atoms with Gasteiger partial charge in [0.05, 0.1) is 29.3 Å². The maximum Gasteiger partial charge on any atom is 0.338 e. The Morgan fingerprint density at radius 3 is 2.56 bits per heavy atom. The molecule has 0 radical (unpaired) electrons. The summed E-state index contributed by atoms with van der Waals surface area (Å²) >= 11 is 0. The van der Waals surface area contributed by atoms with Gasteiger partial charge in [0.2, 0.25) is 10.0 Å². The van der Waals surface area contributed by atoms with E-state index in [4.69, 9.17) is 9.15 Å². The highest BCUT2D eigenvalue weighted by atomic mass is 32.2. The van der Waals surface area contributed by atoms with Crippen molar-refractivity contribution in [2.45, 2.75) is 31.3 Å². The molecule has 1 atom stereocenters. The van der Waals surface area contributed by atoms with Crippen molar-refractivity contribution in [3.05, 3.63) is 88.9 Å². The summed E-state index contributed by atoms with van der Waals surface area (Å²) in [4.78, 5) is 24.5. The SMILES string of the molecule is Cc1ccc(S(=O)(=O)NCc2ccco2)cc1C(=O)OCC(=O)N[C@H](C)c1ccc(F)cc1F. The molecule has 34 heavy (non-hydrogen) atoms. The summed E-state index contributed by atoms with van der Waals surface area (Å²) in [7, 11) is -3.95. The summed E-state index contributed by atoms with van der Waals surface area (Å²) < 4.78 is 64.5. The van der Waals surface area contributed by atoms with Crippen molar-refractivity contribution in [3.8, 4) is 0 Å². The number of aryl methyl sites for hydroxylation is 1. The van der Waals surface area contributed by atoms with E-state index < -0.39 is 46.2 Å². The molecule has 0 saturated heterocycles. The summed E-state index contributed by atoms with van der Waals surface area (Å²) in [5.41, 5.74) is 0.473. The highest BCUT2D eigenvalue weighted by Gasteiger charge is 2.21. The second-order valence-corrected chi connectivity index (χ2v) is 9.18. The van der Waals surface area contributed by atoms with E-state index in [0.717, 1.165) is 12.1 Å². The molecule has 8 nitrogen and oxygen atoms in total. The number of rotatable bonds is 9. The molecule has 0 saturated carbocycles. The van der Waals surface area contributed by atoms with Crippen LogP contribution in [0.3, 0.4) is 0 Å². The molecule has 1 aromatic heterocycles. The number of amides is 1. The summed E-state index contributed by atoms with van der Waals surface area (Å²) in [5, 5.41) is 2.45. The molecule has 2 N–H and O–H groups in total. The average Bonchev–Trinajstić information content (AvgIpc) is 3.30. The van der Waals surface area contributed by atoms with Gasteiger partial charge in [0.25, 0.3) is 5.91 Å². The van der Waals surface area contributed by atoms with Crippen molar-refractivity contribution >= 4 is 21.9 Å². The number of esters is 1. The highest BCUT2D eigenvalue weighted by Crippen LogP contribution is 2.19. The first-order chi connectivity index (χ1) is 16.1. The van der Waals surface area contributed by atoms with E-state index in [9.17, 15) is 26.8 Å². The minimum Gasteiger partial charge on any atom is -0.468 e. The third-order valence-corrected chi connectivity index (χ3v) is 6.30. The van der Waals surface area contributed by atoms with Gasteiger partial charge in [-0.15, -0.1) is 0 Å². The van der Waals surface area contributed by atoms with Gasteiger partial charge in [-0.3, -0.25) is 4.79 Å². The van der Waals surface area contributed by atoms with Gasteiger partial charge < -0.3 is 14.5 Å². The number of hydrogen-bond acceptors (Lipinski definition) is 6. The van der Waals surface area contributed by atoms with Gasteiger partial charge >= 0.3 is 5.97 Å². The molecule has 180 valence electrons. The smallest absolute Gasteiger partial charge is 0.338 e. The van der Waals surface area contributed by atoms with E-state index in [1.165, 1.54) is 31.4 Å². The van der Waals surface area contributed by atoms with E-state index in [-0.39, 0.29) is 22.6 Å². The van der Waals surface area contributed by atoms with Gasteiger partial charge in [0.15, 0.2) is 6.61 Å². The molecule has 2 aromatic carbocycles. The van der Waals surface area contributed by atoms with Crippen molar-refractivity contribution in [1.29, 1.82) is 0 Å². The van der Waals surface area contributed by atoms with E-state index in [1.54, 1.807) is 19.1 Å². The normalized spacial score (nSPS) is 12.2. The fourth-order valence-corrected chi connectivity index (χ4v) is 4.09. The van der Waals surface area contributed by atoms with Gasteiger partial charge in [0.1, 0.15) is 17.4 Å². The molecular weight excluding hydrogens is 470 g/mol. The molecule has 1 amide bonds. The second kappa shape index (κ2) is 10.6. The van der Waals surface area contributed by atoms with Crippen LogP contribution in [0.15, 0.2) is 64.1 Å². The molecule has 0 aliphatic rings. The third-order valence-electron chi connectivity index (χ3n) is 4.90. The molecule has 0 bridgehead atoms. The summed E-state index contributed by atoms with van der Waals surface area (Å²) in [6.07, 6.45) is 1.41. The van der Waals surface area contributed by atoms with Crippen LogP contribution >= 0.6 is 0 Å². The lowest BCUT2D eigenvalue weighted by Crippen LogP contribution is -2.31. The number of carbonyl (C=O) groups is 2. The first kappa shape index (κ1) is 25.1. The predicted molar refractivity (Wildman–Crippen MR) is 117 cm³/mol. The Hall–Kier alpha value is -3.57. The standard InChI is InChI=1S/C23H22F2N2O6S/c1-14-5-7-18(34(30,31)26-12-17-4-3-9-32-17)11-20(14)23(29)33-13-22(28)27-15(2)19-8-6-16(24)10-21(19)25/h3-11,15,26H,12-13H2,1-2H3,(H,27,28)/t15-/m1/s1. The Morgan fingerprint density at radius 2 is 1.88 bits per heavy atom. The number of hydrogen-bond donors (Lipinski definition) is 2. The van der Waals surface area contributed by atoms with Crippen LogP contribution in [0.1, 0.15) is 40.2 Å². The predicted octanol–water partition coefficient (Wildman–Crippen LogP) is 3.38. The van der Waals surface area contributed by atoms with Crippen molar-refractivity contribution in [2.24, 2.45) is 0 Å². The Bertz CT molecular complexity index is 1290. The van der Waals surface area contributed by atoms with E-state index >= 15 is 0 Å². The molecule has 0 fully saturated rings. The van der Waals surface area contributed by atoms with Crippen LogP contribution < -0.4 is 10.0 Å². The molecule has 3 rings (SSSR count). The summed E-state index contributed by atoms with van der Waals surface area (Å²) in [6, 6.07) is 9.32. The maximum atomic E-state index is 13.9. The van der Waals surface area contributed by atoms with Crippen molar-refractivity contribution in [1.82, 2.24) is 10.0 Å². The van der Waals surface area contributed by atoms with Crippen LogP contribution in [-0.4, -0.2) is 26.9 Å². The van der Waals surface area contributed by atoms with Crippen molar-refractivity contribution < 1.29 is 35.9 Å². The van der Waals surface area contributed by atoms with Crippen LogP contribution in [0.4, 0.5) is 8.78 Å². The molecule has 1 heterocycles. The average molecular weight is 493 g/mol. The maximum absolute atomic E-state index is 13.9. The largest absolute Gasteiger partial charge is 0.468 e. The zero-order valence-corrected chi connectivity index (χ0v) is 19.1. The number of nitrogens with one attached hydrogen (secondary N) is 2. The van der Waals surface area contributed by atoms with Crippen LogP contribution in [0.25, 0.3) is 0 Å². The van der Waals surface area contributed by atoms with Crippen molar-refractivity contribution in [3.63, 3.8) is 0 Å². The lowest BCUT2D eigenvalue weighted by atomic mass is 10.1. The van der Waals surface area contributed by atoms with Gasteiger partial charge in [-0.2, -0.15) is 0 Å². The fourth-order valence-electron chi connectivity index (χ4n) is 3.07. The second-order valence-electron chi connectivity index (χ2n) is 7.41. The number of carbonyl (C=O) groups excluding carboxylic acids is 2. The molecule has 3 aromatic rings. The summed E-state index contributed by atoms with van der Waals surface area (Å²) in [6.45, 7) is 2.32. The van der Waals surface area contributed by atoms with E-state index in [2.05, 4.69) is 10.0 Å². The highest BCUT2D eigenvalue weighted by molar-refractivity contribution is 7.89. The Morgan fingerprint density at radius 1 is 1.12 bits per heavy atom. The number of sulfonamides is 1. The number of benzene rings is 2. The monoisotopic (exact) mass is 492 g/mol. The van der Waals surface area contributed by atoms with Crippen LogP contribution in [0.5, 0.6) is 0 Å². The van der Waals surface area contributed by atoms with E-state index in [1.807, 2.05) is 0 Å². The minimum absolute atomic E-state index is 0.0358. The summed E-state index contributed by atoms with van der Waals surface area (Å²) in [5.74, 6) is -2.78. The number of ether oxygens (including phenoxy) is 1. The van der Waals surface area contributed by atoms with Crippen LogP contribution in [0, 0.1) is 18.6 Å². The zero-order valence-electron chi connectivity index (χ0n) is 18.3. The Labute approximate surface area is 195 Å². The van der Waals surface area contributed by atoms with Crippen LogP contribution in [-0.2, 0) is 26.1 Å². The first-order valence-electron chi connectivity index (χ1n) is 10.1. The van der Waals surface area contributed by atoms with Gasteiger partial charge in [-0.1, -0.05) is 12.1 Å². The van der Waals surface area contributed by atoms with Crippen molar-refractivity contribution in [2.75, 3.05) is 6.61 Å². The van der Waals surface area contributed by atoms with Crippen LogP contribution in [0.2, 0.25) is 0 Å². The Kier molecular flexibility index (Phi) is 7.79. The molecular formula is C23H22F2N2O6S. The number of halogens is 2. The fraction of sp³-hybridized carbons (Fsp3) is 0.217. The lowest BCUT2D eigenvalue weighted by Gasteiger charge is -2.15. The van der Waals surface area contributed by atoms with Gasteiger partial charge in [-0.05, 0) is 49.7 Å². The third kappa shape index (κ3) is 6.27. The molecule has 11 heteroatoms. The van der Waals surface area contributed by atoms with E-state index in [0.29, 0.717) is 17.4 Å². The molecule has 0 aliphatic heterocycles. The zero-order chi connectivity index (χ0) is 24.9. The number of furan rings is 1. The van der Waals surface area contributed by atoms with Gasteiger partial charge in [0, 0.05) is 11.6 Å². The first-order valence-corrected chi connectivity index (χ1v) is 11.6. The lowest BCUT2D eigenvalue weighted by molar-refractivity contribution is -0.124. The molecule has 0 unspecified atom stereocenters. The molecule has 0 spiro atoms. The minimum atomic E-state index is -3.95. The van der Waals surface area contributed by atoms with Gasteiger partial charge in [-0.25, -0.2) is 26.7 Å². The molecule has 0 aliphatic carbocycles. The topological polar surface area (TPSA) is 115 Å². The Balaban J connectivity index is 1.62. The quantitative estimate of drug-likeness (QED) is 0.443.